The van der Waals surface area contributed by atoms with Crippen molar-refractivity contribution in [2.45, 2.75) is 3.79 Å². The number of hydrogen-bond acceptors (Lipinski definition) is 5. The third-order valence-electron chi connectivity index (χ3n) is 2.26. The molecule has 2 N–H and O–H groups in total. The number of halogens is 3. The number of H-pyrrole nitrogens is 1. The van der Waals surface area contributed by atoms with Gasteiger partial charge >= 0.3 is 0 Å². The van der Waals surface area contributed by atoms with Gasteiger partial charge in [-0.1, -0.05) is 34.8 Å². The molecule has 1 amide bonds. The van der Waals surface area contributed by atoms with Crippen LogP contribution in [0.5, 0.6) is 0 Å². The average Bonchev–Trinajstić information content (AvgIpc) is 2.77. The number of anilines is 2. The zero-order chi connectivity index (χ0) is 13.2. The zero-order valence-corrected chi connectivity index (χ0v) is 11.4. The second-order valence-electron chi connectivity index (χ2n) is 3.54. The molecule has 2 rings (SSSR count). The minimum absolute atomic E-state index is 0.132. The zero-order valence-electron chi connectivity index (χ0n) is 9.12. The molecule has 1 aliphatic heterocycles. The van der Waals surface area contributed by atoms with Crippen molar-refractivity contribution in [3.63, 3.8) is 0 Å². The van der Waals surface area contributed by atoms with E-state index in [0.29, 0.717) is 32.3 Å². The lowest BCUT2D eigenvalue weighted by atomic mass is 10.4. The smallest absolute Gasteiger partial charge is 0.278 e. The van der Waals surface area contributed by atoms with Crippen LogP contribution >= 0.6 is 34.8 Å². The van der Waals surface area contributed by atoms with Crippen molar-refractivity contribution in [2.24, 2.45) is 0 Å². The van der Waals surface area contributed by atoms with E-state index in [1.165, 1.54) is 0 Å². The fourth-order valence-electron chi connectivity index (χ4n) is 1.39. The molecule has 100 valence electrons. The Kier molecular flexibility index (Phi) is 4.16. The molecule has 0 unspecified atom stereocenters. The molecular weight excluding hydrogens is 304 g/mol. The Morgan fingerprint density at radius 1 is 1.39 bits per heavy atom. The molecule has 1 saturated heterocycles. The van der Waals surface area contributed by atoms with Crippen molar-refractivity contribution < 1.29 is 9.53 Å². The molecule has 0 spiro atoms. The molecule has 1 aromatic heterocycles. The molecule has 0 saturated carbocycles. The summed E-state index contributed by atoms with van der Waals surface area (Å²) in [5.41, 5.74) is 0. The summed E-state index contributed by atoms with van der Waals surface area (Å²) >= 11 is 16.3. The van der Waals surface area contributed by atoms with Crippen molar-refractivity contribution in [3.8, 4) is 0 Å². The van der Waals surface area contributed by atoms with Crippen LogP contribution in [0.25, 0.3) is 0 Å². The van der Waals surface area contributed by atoms with Gasteiger partial charge in [-0.3, -0.25) is 10.1 Å². The van der Waals surface area contributed by atoms with Gasteiger partial charge in [0.05, 0.1) is 13.2 Å². The molecule has 2 heterocycles. The number of aromatic nitrogens is 3. The van der Waals surface area contributed by atoms with Gasteiger partial charge in [0.2, 0.25) is 11.9 Å². The number of ether oxygens (including phenoxy) is 1. The van der Waals surface area contributed by atoms with Gasteiger partial charge in [-0.05, 0) is 0 Å². The van der Waals surface area contributed by atoms with E-state index < -0.39 is 9.70 Å². The molecule has 1 aliphatic rings. The Bertz CT molecular complexity index is 427. The summed E-state index contributed by atoms with van der Waals surface area (Å²) in [6.07, 6.45) is 0. The van der Waals surface area contributed by atoms with Gasteiger partial charge in [-0.25, -0.2) is 5.10 Å². The number of nitrogens with zero attached hydrogens (tertiary/aromatic N) is 3. The van der Waals surface area contributed by atoms with Gasteiger partial charge in [-0.15, -0.1) is 5.10 Å². The van der Waals surface area contributed by atoms with E-state index in [9.17, 15) is 4.79 Å². The third-order valence-corrected chi connectivity index (χ3v) is 2.77. The van der Waals surface area contributed by atoms with Crippen LogP contribution in [0, 0.1) is 0 Å². The Morgan fingerprint density at radius 3 is 2.67 bits per heavy atom. The Hall–Kier alpha value is -0.760. The average molecular weight is 315 g/mol. The van der Waals surface area contributed by atoms with E-state index in [-0.39, 0.29) is 5.95 Å². The second kappa shape index (κ2) is 5.48. The van der Waals surface area contributed by atoms with Crippen LogP contribution in [0.2, 0.25) is 0 Å². The summed E-state index contributed by atoms with van der Waals surface area (Å²) in [5.74, 6) is -0.192. The summed E-state index contributed by atoms with van der Waals surface area (Å²) in [6.45, 7) is 2.61. The Labute approximate surface area is 118 Å². The summed E-state index contributed by atoms with van der Waals surface area (Å²) < 4.78 is 3.17. The fourth-order valence-corrected chi connectivity index (χ4v) is 1.53. The van der Waals surface area contributed by atoms with Crippen LogP contribution in [-0.4, -0.2) is 51.2 Å². The molecule has 1 fully saturated rings. The molecule has 0 radical (unpaired) electrons. The standard InChI is InChI=1S/C8H10Cl3N5O2/c9-8(10,11)5(17)12-6-13-7(15-14-6)16-1-3-18-4-2-16/h1-4H2,(H2,12,13,14,15,17). The topological polar surface area (TPSA) is 83.1 Å². The van der Waals surface area contributed by atoms with Gasteiger partial charge in [0.25, 0.3) is 9.70 Å². The van der Waals surface area contributed by atoms with Crippen LogP contribution in [0.15, 0.2) is 0 Å². The molecule has 18 heavy (non-hydrogen) atoms. The van der Waals surface area contributed by atoms with Crippen LogP contribution in [0.1, 0.15) is 0 Å². The van der Waals surface area contributed by atoms with Crippen LogP contribution < -0.4 is 10.2 Å². The maximum atomic E-state index is 11.4. The monoisotopic (exact) mass is 313 g/mol. The lowest BCUT2D eigenvalue weighted by Gasteiger charge is -2.25. The van der Waals surface area contributed by atoms with Crippen molar-refractivity contribution >= 4 is 52.6 Å². The van der Waals surface area contributed by atoms with Crippen molar-refractivity contribution in [3.05, 3.63) is 0 Å². The van der Waals surface area contributed by atoms with E-state index in [1.807, 2.05) is 4.90 Å². The first-order valence-electron chi connectivity index (χ1n) is 5.10. The summed E-state index contributed by atoms with van der Waals surface area (Å²) in [4.78, 5) is 17.4. The first-order chi connectivity index (χ1) is 8.47. The normalized spacial score (nSPS) is 16.7. The lowest BCUT2D eigenvalue weighted by molar-refractivity contribution is -0.115. The number of carbonyl (C=O) groups excluding carboxylic acids is 1. The number of carbonyl (C=O) groups is 1. The minimum atomic E-state index is -2.04. The van der Waals surface area contributed by atoms with Gasteiger partial charge in [-0.2, -0.15) is 4.98 Å². The predicted octanol–water partition coefficient (Wildman–Crippen LogP) is 0.950. The molecule has 0 aromatic carbocycles. The third kappa shape index (κ3) is 3.38. The lowest BCUT2D eigenvalue weighted by Crippen LogP contribution is -2.36. The highest BCUT2D eigenvalue weighted by molar-refractivity contribution is 6.76. The minimum Gasteiger partial charge on any atom is -0.378 e. The van der Waals surface area contributed by atoms with E-state index in [2.05, 4.69) is 20.5 Å². The van der Waals surface area contributed by atoms with Gasteiger partial charge < -0.3 is 9.64 Å². The number of morpholine rings is 1. The van der Waals surface area contributed by atoms with Crippen molar-refractivity contribution in [1.29, 1.82) is 0 Å². The summed E-state index contributed by atoms with van der Waals surface area (Å²) in [7, 11) is 0. The quantitative estimate of drug-likeness (QED) is 0.794. The van der Waals surface area contributed by atoms with E-state index in [1.54, 1.807) is 0 Å². The fraction of sp³-hybridized carbons (Fsp3) is 0.625. The second-order valence-corrected chi connectivity index (χ2v) is 5.82. The van der Waals surface area contributed by atoms with Gasteiger partial charge in [0.15, 0.2) is 0 Å². The predicted molar refractivity (Wildman–Crippen MR) is 68.3 cm³/mol. The molecule has 1 aromatic rings. The van der Waals surface area contributed by atoms with Crippen LogP contribution in [0.4, 0.5) is 11.9 Å². The molecule has 10 heteroatoms. The Balaban J connectivity index is 1.99. The number of hydrogen-bond donors (Lipinski definition) is 2. The van der Waals surface area contributed by atoms with Gasteiger partial charge in [0, 0.05) is 13.1 Å². The molecular formula is C8H10Cl3N5O2. The van der Waals surface area contributed by atoms with Crippen molar-refractivity contribution in [2.75, 3.05) is 36.5 Å². The van der Waals surface area contributed by atoms with E-state index in [4.69, 9.17) is 39.5 Å². The highest BCUT2D eigenvalue weighted by atomic mass is 35.6. The Morgan fingerprint density at radius 2 is 2.06 bits per heavy atom. The molecule has 0 aliphatic carbocycles. The highest BCUT2D eigenvalue weighted by Crippen LogP contribution is 2.27. The number of rotatable bonds is 2. The molecule has 0 atom stereocenters. The summed E-state index contributed by atoms with van der Waals surface area (Å²) in [6, 6.07) is 0. The number of amides is 1. The number of nitrogens with one attached hydrogen (secondary N) is 2. The van der Waals surface area contributed by atoms with E-state index >= 15 is 0 Å². The maximum absolute atomic E-state index is 11.4. The van der Waals surface area contributed by atoms with E-state index in [0.717, 1.165) is 0 Å². The molecule has 7 nitrogen and oxygen atoms in total. The van der Waals surface area contributed by atoms with Crippen molar-refractivity contribution in [1.82, 2.24) is 15.2 Å². The highest BCUT2D eigenvalue weighted by Gasteiger charge is 2.31. The number of aromatic amines is 1. The summed E-state index contributed by atoms with van der Waals surface area (Å²) in [5, 5.41) is 8.84. The number of alkyl halides is 3. The van der Waals surface area contributed by atoms with Gasteiger partial charge in [0.1, 0.15) is 0 Å². The van der Waals surface area contributed by atoms with Crippen LogP contribution in [0.3, 0.4) is 0 Å². The largest absolute Gasteiger partial charge is 0.378 e. The molecule has 0 bridgehead atoms. The maximum Gasteiger partial charge on any atom is 0.278 e. The first-order valence-corrected chi connectivity index (χ1v) is 6.23. The first kappa shape index (κ1) is 13.7. The van der Waals surface area contributed by atoms with Crippen LogP contribution in [-0.2, 0) is 9.53 Å². The SMILES string of the molecule is O=C(Nc1nc(N2CCOCC2)n[nH]1)C(Cl)(Cl)Cl.